The van der Waals surface area contributed by atoms with Crippen molar-refractivity contribution in [3.05, 3.63) is 47.8 Å². The van der Waals surface area contributed by atoms with Crippen LogP contribution in [-0.4, -0.2) is 19.1 Å². The van der Waals surface area contributed by atoms with Crippen molar-refractivity contribution in [1.82, 2.24) is 19.1 Å². The van der Waals surface area contributed by atoms with Crippen LogP contribution in [0, 0.1) is 6.92 Å². The SMILES string of the molecule is CCCc1nc2c(C)cc(-c3nc4ccccc4n3C)cc2n1CC. The fourth-order valence-corrected chi connectivity index (χ4v) is 3.74. The zero-order valence-electron chi connectivity index (χ0n) is 15.4. The van der Waals surface area contributed by atoms with Crippen LogP contribution in [0.5, 0.6) is 0 Å². The number of aryl methyl sites for hydroxylation is 4. The monoisotopic (exact) mass is 332 g/mol. The molecule has 2 aromatic carbocycles. The topological polar surface area (TPSA) is 35.6 Å². The van der Waals surface area contributed by atoms with Crippen molar-refractivity contribution in [1.29, 1.82) is 0 Å². The van der Waals surface area contributed by atoms with E-state index in [2.05, 4.69) is 67.3 Å². The Bertz CT molecular complexity index is 1070. The molecule has 0 amide bonds. The summed E-state index contributed by atoms with van der Waals surface area (Å²) in [6.07, 6.45) is 2.13. The van der Waals surface area contributed by atoms with Crippen LogP contribution in [0.2, 0.25) is 0 Å². The number of fused-ring (bicyclic) bond motifs is 2. The third-order valence-electron chi connectivity index (χ3n) is 4.96. The lowest BCUT2D eigenvalue weighted by Gasteiger charge is -2.08. The quantitative estimate of drug-likeness (QED) is 0.534. The Morgan fingerprint density at radius 1 is 1.00 bits per heavy atom. The Hall–Kier alpha value is -2.62. The van der Waals surface area contributed by atoms with Crippen LogP contribution >= 0.6 is 0 Å². The minimum absolute atomic E-state index is 0.942. The fraction of sp³-hybridized carbons (Fsp3) is 0.333. The van der Waals surface area contributed by atoms with Gasteiger partial charge in [0.15, 0.2) is 0 Å². The normalized spacial score (nSPS) is 11.7. The van der Waals surface area contributed by atoms with Gasteiger partial charge >= 0.3 is 0 Å². The van der Waals surface area contributed by atoms with E-state index in [1.165, 1.54) is 16.9 Å². The second-order valence-corrected chi connectivity index (χ2v) is 6.67. The van der Waals surface area contributed by atoms with Crippen molar-refractivity contribution in [3.63, 3.8) is 0 Å². The molecular formula is C21H24N4. The first-order valence-corrected chi connectivity index (χ1v) is 9.05. The smallest absolute Gasteiger partial charge is 0.140 e. The van der Waals surface area contributed by atoms with E-state index in [1.807, 2.05) is 6.07 Å². The average molecular weight is 332 g/mol. The summed E-state index contributed by atoms with van der Waals surface area (Å²) in [6, 6.07) is 12.8. The molecule has 0 spiro atoms. The van der Waals surface area contributed by atoms with E-state index in [4.69, 9.17) is 9.97 Å². The third kappa shape index (κ3) is 2.44. The van der Waals surface area contributed by atoms with Crippen molar-refractivity contribution in [2.75, 3.05) is 0 Å². The number of benzene rings is 2. The third-order valence-corrected chi connectivity index (χ3v) is 4.96. The summed E-state index contributed by atoms with van der Waals surface area (Å²) in [4.78, 5) is 9.77. The molecule has 4 nitrogen and oxygen atoms in total. The van der Waals surface area contributed by atoms with Crippen LogP contribution in [0.1, 0.15) is 31.7 Å². The summed E-state index contributed by atoms with van der Waals surface area (Å²) < 4.78 is 4.52. The number of hydrogen-bond acceptors (Lipinski definition) is 2. The highest BCUT2D eigenvalue weighted by molar-refractivity contribution is 5.87. The lowest BCUT2D eigenvalue weighted by atomic mass is 10.1. The van der Waals surface area contributed by atoms with Gasteiger partial charge in [0, 0.05) is 25.6 Å². The molecule has 0 bridgehead atoms. The lowest BCUT2D eigenvalue weighted by molar-refractivity contribution is 0.700. The summed E-state index contributed by atoms with van der Waals surface area (Å²) in [6.45, 7) is 7.49. The Kier molecular flexibility index (Phi) is 3.83. The fourth-order valence-electron chi connectivity index (χ4n) is 3.74. The van der Waals surface area contributed by atoms with Crippen LogP contribution in [0.25, 0.3) is 33.5 Å². The number of hydrogen-bond donors (Lipinski definition) is 0. The molecule has 0 atom stereocenters. The van der Waals surface area contributed by atoms with Crippen LogP contribution in [0.15, 0.2) is 36.4 Å². The molecule has 0 fully saturated rings. The maximum absolute atomic E-state index is 4.91. The standard InChI is InChI=1S/C21H24N4/c1-5-9-19-23-20-14(3)12-15(13-18(20)25(19)6-2)21-22-16-10-7-8-11-17(16)24(21)4/h7-8,10-13H,5-6,9H2,1-4H3. The molecule has 2 aromatic heterocycles. The van der Waals surface area contributed by atoms with Gasteiger partial charge in [0.05, 0.1) is 22.1 Å². The minimum Gasteiger partial charge on any atom is -0.328 e. The summed E-state index contributed by atoms with van der Waals surface area (Å²) in [5.41, 5.74) is 6.89. The second kappa shape index (κ2) is 6.03. The van der Waals surface area contributed by atoms with Crippen molar-refractivity contribution in [2.45, 2.75) is 40.2 Å². The summed E-state index contributed by atoms with van der Waals surface area (Å²) >= 11 is 0. The summed E-state index contributed by atoms with van der Waals surface area (Å²) in [7, 11) is 2.09. The number of aromatic nitrogens is 4. The zero-order valence-corrected chi connectivity index (χ0v) is 15.4. The molecule has 4 aromatic rings. The van der Waals surface area contributed by atoms with Gasteiger partial charge in [0.2, 0.25) is 0 Å². The van der Waals surface area contributed by atoms with E-state index in [1.54, 1.807) is 0 Å². The number of imidazole rings is 2. The highest BCUT2D eigenvalue weighted by Crippen LogP contribution is 2.29. The molecule has 0 N–H and O–H groups in total. The minimum atomic E-state index is 0.942. The Labute approximate surface area is 148 Å². The maximum Gasteiger partial charge on any atom is 0.140 e. The molecule has 4 rings (SSSR count). The van der Waals surface area contributed by atoms with Gasteiger partial charge in [0.25, 0.3) is 0 Å². The van der Waals surface area contributed by atoms with Crippen LogP contribution in [-0.2, 0) is 20.0 Å². The second-order valence-electron chi connectivity index (χ2n) is 6.67. The van der Waals surface area contributed by atoms with Gasteiger partial charge in [-0.25, -0.2) is 9.97 Å². The number of para-hydroxylation sites is 2. The Balaban J connectivity index is 1.97. The van der Waals surface area contributed by atoms with E-state index < -0.39 is 0 Å². The molecule has 4 heteroatoms. The predicted molar refractivity (Wildman–Crippen MR) is 104 cm³/mol. The molecule has 0 radical (unpaired) electrons. The Morgan fingerprint density at radius 3 is 2.52 bits per heavy atom. The van der Waals surface area contributed by atoms with Gasteiger partial charge in [-0.1, -0.05) is 19.1 Å². The van der Waals surface area contributed by atoms with Crippen molar-refractivity contribution >= 4 is 22.1 Å². The first-order chi connectivity index (χ1) is 12.1. The van der Waals surface area contributed by atoms with E-state index in [0.717, 1.165) is 47.3 Å². The molecule has 128 valence electrons. The van der Waals surface area contributed by atoms with Crippen LogP contribution in [0.3, 0.4) is 0 Å². The summed E-state index contributed by atoms with van der Waals surface area (Å²) in [5.74, 6) is 2.19. The molecule has 0 saturated heterocycles. The van der Waals surface area contributed by atoms with Crippen molar-refractivity contribution in [2.24, 2.45) is 7.05 Å². The first-order valence-electron chi connectivity index (χ1n) is 9.05. The predicted octanol–water partition coefficient (Wildman–Crippen LogP) is 4.87. The van der Waals surface area contributed by atoms with Gasteiger partial charge in [0.1, 0.15) is 11.6 Å². The van der Waals surface area contributed by atoms with E-state index in [0.29, 0.717) is 0 Å². The Morgan fingerprint density at radius 2 is 1.80 bits per heavy atom. The molecule has 0 aliphatic heterocycles. The molecule has 2 heterocycles. The molecule has 0 aliphatic rings. The van der Waals surface area contributed by atoms with Gasteiger partial charge in [-0.3, -0.25) is 0 Å². The number of rotatable bonds is 4. The first kappa shape index (κ1) is 15.9. The van der Waals surface area contributed by atoms with Crippen LogP contribution < -0.4 is 0 Å². The van der Waals surface area contributed by atoms with Crippen LogP contribution in [0.4, 0.5) is 0 Å². The van der Waals surface area contributed by atoms with Crippen molar-refractivity contribution in [3.8, 4) is 11.4 Å². The summed E-state index contributed by atoms with van der Waals surface area (Å²) in [5, 5.41) is 0. The highest BCUT2D eigenvalue weighted by atomic mass is 15.1. The van der Waals surface area contributed by atoms with Gasteiger partial charge in [-0.05, 0) is 50.1 Å². The number of nitrogens with zero attached hydrogens (tertiary/aromatic N) is 4. The van der Waals surface area contributed by atoms with Gasteiger partial charge in [-0.15, -0.1) is 0 Å². The van der Waals surface area contributed by atoms with E-state index >= 15 is 0 Å². The molecule has 0 saturated carbocycles. The van der Waals surface area contributed by atoms with Crippen molar-refractivity contribution < 1.29 is 0 Å². The molecule has 0 unspecified atom stereocenters. The lowest BCUT2D eigenvalue weighted by Crippen LogP contribution is -2.01. The average Bonchev–Trinajstić information content (AvgIpc) is 3.13. The molecule has 0 aliphatic carbocycles. The zero-order chi connectivity index (χ0) is 17.6. The molecular weight excluding hydrogens is 308 g/mol. The largest absolute Gasteiger partial charge is 0.328 e. The molecule has 25 heavy (non-hydrogen) atoms. The van der Waals surface area contributed by atoms with E-state index in [9.17, 15) is 0 Å². The van der Waals surface area contributed by atoms with Gasteiger partial charge < -0.3 is 9.13 Å². The van der Waals surface area contributed by atoms with Gasteiger partial charge in [-0.2, -0.15) is 0 Å². The maximum atomic E-state index is 4.91. The highest BCUT2D eigenvalue weighted by Gasteiger charge is 2.15. The van der Waals surface area contributed by atoms with E-state index in [-0.39, 0.29) is 0 Å².